The minimum atomic E-state index is -0.291. The van der Waals surface area contributed by atoms with Crippen molar-refractivity contribution in [1.82, 2.24) is 24.5 Å². The zero-order chi connectivity index (χ0) is 13.4. The first-order chi connectivity index (χ1) is 8.41. The van der Waals surface area contributed by atoms with Gasteiger partial charge >= 0.3 is 5.69 Å². The van der Waals surface area contributed by atoms with Gasteiger partial charge < -0.3 is 5.73 Å². The standard InChI is InChI=1S/C9H13N7OS/c1-4-5(6(10)11)7(16(3)14-4)18-9-13-12-8(17)15(9)2/h1-3H3,(H3,10,11)(H,12,17). The number of H-pyrrole nitrogens is 1. The van der Waals surface area contributed by atoms with E-state index in [9.17, 15) is 4.79 Å². The van der Waals surface area contributed by atoms with E-state index in [0.717, 1.165) is 0 Å². The summed E-state index contributed by atoms with van der Waals surface area (Å²) in [4.78, 5) is 11.3. The second-order valence-corrected chi connectivity index (χ2v) is 4.73. The minimum absolute atomic E-state index is 0.0522. The van der Waals surface area contributed by atoms with Crippen molar-refractivity contribution in [3.8, 4) is 0 Å². The second-order valence-electron chi connectivity index (χ2n) is 3.78. The number of aromatic amines is 1. The summed E-state index contributed by atoms with van der Waals surface area (Å²) in [6.07, 6.45) is 0. The highest BCUT2D eigenvalue weighted by molar-refractivity contribution is 7.99. The summed E-state index contributed by atoms with van der Waals surface area (Å²) in [7, 11) is 3.37. The highest BCUT2D eigenvalue weighted by Gasteiger charge is 2.19. The fourth-order valence-electron chi connectivity index (χ4n) is 1.57. The van der Waals surface area contributed by atoms with E-state index in [1.807, 2.05) is 0 Å². The maximum Gasteiger partial charge on any atom is 0.343 e. The van der Waals surface area contributed by atoms with Crippen molar-refractivity contribution >= 4 is 17.6 Å². The van der Waals surface area contributed by atoms with Crippen LogP contribution in [0.2, 0.25) is 0 Å². The van der Waals surface area contributed by atoms with Gasteiger partial charge in [-0.25, -0.2) is 9.89 Å². The third kappa shape index (κ3) is 1.92. The first-order valence-corrected chi connectivity index (χ1v) is 5.90. The average Bonchev–Trinajstić information content (AvgIpc) is 2.73. The Morgan fingerprint density at radius 1 is 1.50 bits per heavy atom. The van der Waals surface area contributed by atoms with E-state index < -0.39 is 0 Å². The summed E-state index contributed by atoms with van der Waals surface area (Å²) in [5, 5.41) is 19.2. The molecule has 0 bridgehead atoms. The second kappa shape index (κ2) is 4.33. The van der Waals surface area contributed by atoms with Crippen LogP contribution in [-0.4, -0.2) is 30.4 Å². The molecule has 0 radical (unpaired) electrons. The predicted octanol–water partition coefficient (Wildman–Crippen LogP) is -0.414. The normalized spacial score (nSPS) is 10.8. The van der Waals surface area contributed by atoms with Crippen LogP contribution in [0.4, 0.5) is 0 Å². The van der Waals surface area contributed by atoms with Crippen molar-refractivity contribution in [2.45, 2.75) is 17.1 Å². The van der Waals surface area contributed by atoms with E-state index in [2.05, 4.69) is 15.3 Å². The molecule has 96 valence electrons. The first-order valence-electron chi connectivity index (χ1n) is 5.09. The SMILES string of the molecule is Cc1nn(C)c(Sc2n[nH]c(=O)n2C)c1C(=N)N. The summed E-state index contributed by atoms with van der Waals surface area (Å²) in [5.41, 5.74) is 6.50. The molecule has 0 aromatic carbocycles. The van der Waals surface area contributed by atoms with Crippen LogP contribution in [0.1, 0.15) is 11.3 Å². The van der Waals surface area contributed by atoms with Gasteiger partial charge in [0.25, 0.3) is 0 Å². The van der Waals surface area contributed by atoms with Crippen LogP contribution in [0.15, 0.2) is 15.0 Å². The largest absolute Gasteiger partial charge is 0.384 e. The summed E-state index contributed by atoms with van der Waals surface area (Å²) in [5.74, 6) is -0.0522. The monoisotopic (exact) mass is 267 g/mol. The van der Waals surface area contributed by atoms with Crippen LogP contribution < -0.4 is 11.4 Å². The summed E-state index contributed by atoms with van der Waals surface area (Å²) in [6, 6.07) is 0. The van der Waals surface area contributed by atoms with Crippen molar-refractivity contribution in [1.29, 1.82) is 5.41 Å². The molecule has 0 aliphatic heterocycles. The molecule has 9 heteroatoms. The van der Waals surface area contributed by atoms with E-state index in [1.165, 1.54) is 16.3 Å². The fourth-order valence-corrected chi connectivity index (χ4v) is 2.59. The number of hydrogen-bond donors (Lipinski definition) is 3. The Labute approximate surface area is 107 Å². The van der Waals surface area contributed by atoms with Gasteiger partial charge in [-0.1, -0.05) is 0 Å². The quantitative estimate of drug-likeness (QED) is 0.516. The van der Waals surface area contributed by atoms with Gasteiger partial charge in [-0.2, -0.15) is 5.10 Å². The van der Waals surface area contributed by atoms with E-state index in [1.54, 1.807) is 25.7 Å². The molecule has 0 fully saturated rings. The van der Waals surface area contributed by atoms with Crippen LogP contribution in [0.5, 0.6) is 0 Å². The molecule has 8 nitrogen and oxygen atoms in total. The number of aryl methyl sites for hydroxylation is 2. The smallest absolute Gasteiger partial charge is 0.343 e. The van der Waals surface area contributed by atoms with Crippen LogP contribution in [-0.2, 0) is 14.1 Å². The van der Waals surface area contributed by atoms with Crippen LogP contribution in [0, 0.1) is 12.3 Å². The number of nitrogen functional groups attached to an aromatic ring is 1. The molecule has 0 amide bonds. The molecule has 2 heterocycles. The predicted molar refractivity (Wildman–Crippen MR) is 66.9 cm³/mol. The van der Waals surface area contributed by atoms with Crippen LogP contribution in [0.25, 0.3) is 0 Å². The highest BCUT2D eigenvalue weighted by atomic mass is 32.2. The Bertz CT molecular complexity index is 665. The van der Waals surface area contributed by atoms with Crippen molar-refractivity contribution in [3.05, 3.63) is 21.7 Å². The molecule has 0 unspecified atom stereocenters. The summed E-state index contributed by atoms with van der Waals surface area (Å²) >= 11 is 1.24. The lowest BCUT2D eigenvalue weighted by atomic mass is 10.2. The number of aromatic nitrogens is 5. The van der Waals surface area contributed by atoms with E-state index in [0.29, 0.717) is 21.4 Å². The van der Waals surface area contributed by atoms with E-state index >= 15 is 0 Å². The van der Waals surface area contributed by atoms with Gasteiger partial charge in [0.1, 0.15) is 10.9 Å². The number of hydrogen-bond acceptors (Lipinski definition) is 5. The third-order valence-electron chi connectivity index (χ3n) is 2.47. The molecule has 18 heavy (non-hydrogen) atoms. The van der Waals surface area contributed by atoms with E-state index in [4.69, 9.17) is 11.1 Å². The van der Waals surface area contributed by atoms with Gasteiger partial charge in [-0.15, -0.1) is 5.10 Å². The molecule has 0 saturated heterocycles. The molecule has 2 aromatic heterocycles. The van der Waals surface area contributed by atoms with Crippen LogP contribution in [0.3, 0.4) is 0 Å². The zero-order valence-corrected chi connectivity index (χ0v) is 11.0. The average molecular weight is 267 g/mol. The van der Waals surface area contributed by atoms with Gasteiger partial charge in [0.05, 0.1) is 11.3 Å². The van der Waals surface area contributed by atoms with Crippen molar-refractivity contribution < 1.29 is 0 Å². The fraction of sp³-hybridized carbons (Fsp3) is 0.333. The van der Waals surface area contributed by atoms with Gasteiger partial charge in [0.2, 0.25) is 0 Å². The Balaban J connectivity index is 2.49. The molecule has 0 spiro atoms. The van der Waals surface area contributed by atoms with Gasteiger partial charge in [0.15, 0.2) is 5.16 Å². The molecular formula is C9H13N7OS. The molecule has 0 aliphatic rings. The lowest BCUT2D eigenvalue weighted by Crippen LogP contribution is -2.14. The Morgan fingerprint density at radius 3 is 2.67 bits per heavy atom. The number of amidine groups is 1. The van der Waals surface area contributed by atoms with Crippen molar-refractivity contribution in [3.63, 3.8) is 0 Å². The van der Waals surface area contributed by atoms with Crippen molar-refractivity contribution in [2.75, 3.05) is 0 Å². The molecule has 0 aliphatic carbocycles. The number of nitrogens with zero attached hydrogens (tertiary/aromatic N) is 4. The third-order valence-corrected chi connectivity index (χ3v) is 3.68. The number of rotatable bonds is 3. The first kappa shape index (κ1) is 12.4. The number of nitrogens with two attached hydrogens (primary N) is 1. The highest BCUT2D eigenvalue weighted by Crippen LogP contribution is 2.29. The molecule has 0 saturated carbocycles. The maximum absolute atomic E-state index is 11.3. The summed E-state index contributed by atoms with van der Waals surface area (Å²) in [6.45, 7) is 1.78. The number of nitrogens with one attached hydrogen (secondary N) is 2. The maximum atomic E-state index is 11.3. The van der Waals surface area contributed by atoms with Crippen LogP contribution >= 0.6 is 11.8 Å². The molecule has 0 atom stereocenters. The molecule has 2 aromatic rings. The Kier molecular flexibility index (Phi) is 2.99. The zero-order valence-electron chi connectivity index (χ0n) is 10.2. The van der Waals surface area contributed by atoms with E-state index in [-0.39, 0.29) is 11.5 Å². The lowest BCUT2D eigenvalue weighted by Gasteiger charge is -2.03. The lowest BCUT2D eigenvalue weighted by molar-refractivity contribution is 0.687. The van der Waals surface area contributed by atoms with Gasteiger partial charge in [-0.3, -0.25) is 14.7 Å². The summed E-state index contributed by atoms with van der Waals surface area (Å²) < 4.78 is 3.01. The Hall–Kier alpha value is -2.03. The molecule has 2 rings (SSSR count). The van der Waals surface area contributed by atoms with Gasteiger partial charge in [-0.05, 0) is 18.7 Å². The Morgan fingerprint density at radius 2 is 2.17 bits per heavy atom. The molecule has 4 N–H and O–H groups in total. The van der Waals surface area contributed by atoms with Crippen molar-refractivity contribution in [2.24, 2.45) is 19.8 Å². The molecular weight excluding hydrogens is 254 g/mol. The minimum Gasteiger partial charge on any atom is -0.384 e. The topological polar surface area (TPSA) is 118 Å². The van der Waals surface area contributed by atoms with Gasteiger partial charge in [0, 0.05) is 14.1 Å².